The first kappa shape index (κ1) is 19.6. The number of phosphoric ester groups is 1. The second-order valence-corrected chi connectivity index (χ2v) is 7.01. The zero-order valence-corrected chi connectivity index (χ0v) is 14.7. The SMILES string of the molecule is Cn1nc(N)c(=O)c2c(N[C@@H]3O[C@H](COP(=O)(O)O)C(O)C3O)ncnc21. The summed E-state index contributed by atoms with van der Waals surface area (Å²) in [4.78, 5) is 37.7. The number of nitrogens with one attached hydrogen (secondary N) is 1. The van der Waals surface area contributed by atoms with E-state index in [1.54, 1.807) is 0 Å². The number of rotatable bonds is 5. The quantitative estimate of drug-likeness (QED) is 0.279. The maximum absolute atomic E-state index is 12.3. The van der Waals surface area contributed by atoms with Crippen molar-refractivity contribution in [1.82, 2.24) is 19.7 Å². The molecule has 2 aromatic rings. The van der Waals surface area contributed by atoms with E-state index in [9.17, 15) is 19.6 Å². The van der Waals surface area contributed by atoms with Crippen LogP contribution in [0, 0.1) is 0 Å². The third kappa shape index (κ3) is 3.91. The lowest BCUT2D eigenvalue weighted by atomic mass is 10.1. The van der Waals surface area contributed by atoms with Gasteiger partial charge in [0, 0.05) is 7.05 Å². The highest BCUT2D eigenvalue weighted by Gasteiger charge is 2.44. The number of aryl methyl sites for hydroxylation is 1. The Morgan fingerprint density at radius 3 is 2.74 bits per heavy atom. The lowest BCUT2D eigenvalue weighted by Gasteiger charge is -2.18. The summed E-state index contributed by atoms with van der Waals surface area (Å²) in [5.41, 5.74) is 5.11. The molecule has 15 heteroatoms. The molecule has 148 valence electrons. The highest BCUT2D eigenvalue weighted by molar-refractivity contribution is 7.46. The second-order valence-electron chi connectivity index (χ2n) is 5.77. The van der Waals surface area contributed by atoms with Crippen LogP contribution < -0.4 is 16.5 Å². The number of nitrogens with two attached hydrogens (primary N) is 1. The van der Waals surface area contributed by atoms with E-state index < -0.39 is 44.4 Å². The third-order valence-electron chi connectivity index (χ3n) is 3.90. The van der Waals surface area contributed by atoms with Gasteiger partial charge < -0.3 is 35.8 Å². The monoisotopic (exact) mass is 404 g/mol. The molecule has 14 nitrogen and oxygen atoms in total. The molecule has 0 spiro atoms. The molecular weight excluding hydrogens is 387 g/mol. The van der Waals surface area contributed by atoms with Crippen LogP contribution >= 0.6 is 7.82 Å². The molecule has 0 aromatic carbocycles. The Morgan fingerprint density at radius 2 is 2.07 bits per heavy atom. The van der Waals surface area contributed by atoms with Crippen molar-refractivity contribution in [2.45, 2.75) is 24.5 Å². The number of nitrogens with zero attached hydrogens (tertiary/aromatic N) is 4. The zero-order chi connectivity index (χ0) is 19.9. The Hall–Kier alpha value is -2.19. The van der Waals surface area contributed by atoms with Gasteiger partial charge in [0.25, 0.3) is 0 Å². The first-order valence-electron chi connectivity index (χ1n) is 7.54. The van der Waals surface area contributed by atoms with Crippen molar-refractivity contribution in [2.75, 3.05) is 17.7 Å². The molecule has 0 bridgehead atoms. The van der Waals surface area contributed by atoms with Gasteiger partial charge in [0.05, 0.1) is 6.61 Å². The van der Waals surface area contributed by atoms with Crippen LogP contribution in [0.3, 0.4) is 0 Å². The molecule has 0 saturated carbocycles. The second kappa shape index (κ2) is 7.09. The fraction of sp³-hybridized carbons (Fsp3) is 0.500. The Labute approximate surface area is 150 Å². The summed E-state index contributed by atoms with van der Waals surface area (Å²) < 4.78 is 21.7. The zero-order valence-electron chi connectivity index (χ0n) is 13.8. The minimum absolute atomic E-state index is 0.00675. The number of aliphatic hydroxyl groups is 2. The normalized spacial score (nSPS) is 25.8. The molecule has 4 atom stereocenters. The summed E-state index contributed by atoms with van der Waals surface area (Å²) in [6.45, 7) is -0.663. The van der Waals surface area contributed by atoms with E-state index >= 15 is 0 Å². The predicted octanol–water partition coefficient (Wildman–Crippen LogP) is -2.73. The Morgan fingerprint density at radius 1 is 1.37 bits per heavy atom. The molecule has 1 saturated heterocycles. The minimum Gasteiger partial charge on any atom is -0.387 e. The maximum atomic E-state index is 12.3. The largest absolute Gasteiger partial charge is 0.469 e. The van der Waals surface area contributed by atoms with Crippen LogP contribution in [0.5, 0.6) is 0 Å². The van der Waals surface area contributed by atoms with Gasteiger partial charge in [-0.3, -0.25) is 9.32 Å². The summed E-state index contributed by atoms with van der Waals surface area (Å²) in [5.74, 6) is -0.314. The summed E-state index contributed by atoms with van der Waals surface area (Å²) in [5, 5.41) is 26.6. The van der Waals surface area contributed by atoms with Crippen LogP contribution in [0.2, 0.25) is 0 Å². The molecule has 1 fully saturated rings. The van der Waals surface area contributed by atoms with Gasteiger partial charge in [-0.25, -0.2) is 19.2 Å². The molecule has 27 heavy (non-hydrogen) atoms. The smallest absolute Gasteiger partial charge is 0.387 e. The molecule has 3 rings (SSSR count). The van der Waals surface area contributed by atoms with Crippen molar-refractivity contribution in [2.24, 2.45) is 7.05 Å². The first-order valence-corrected chi connectivity index (χ1v) is 9.07. The molecule has 7 N–H and O–H groups in total. The van der Waals surface area contributed by atoms with Gasteiger partial charge >= 0.3 is 7.82 Å². The van der Waals surface area contributed by atoms with Crippen LogP contribution in [-0.2, 0) is 20.9 Å². The summed E-state index contributed by atoms with van der Waals surface area (Å²) >= 11 is 0. The minimum atomic E-state index is -4.78. The van der Waals surface area contributed by atoms with Crippen molar-refractivity contribution in [3.8, 4) is 0 Å². The Kier molecular flexibility index (Phi) is 5.14. The van der Waals surface area contributed by atoms with Gasteiger partial charge in [0.15, 0.2) is 17.7 Å². The number of fused-ring (bicyclic) bond motifs is 1. The average Bonchev–Trinajstić information content (AvgIpc) is 2.85. The fourth-order valence-corrected chi connectivity index (χ4v) is 2.97. The number of nitrogen functional groups attached to an aromatic ring is 1. The van der Waals surface area contributed by atoms with E-state index in [2.05, 4.69) is 24.9 Å². The predicted molar refractivity (Wildman–Crippen MR) is 89.3 cm³/mol. The topological polar surface area (TPSA) is 215 Å². The highest BCUT2D eigenvalue weighted by Crippen LogP contribution is 2.37. The molecule has 0 radical (unpaired) electrons. The number of hydrogen-bond donors (Lipinski definition) is 6. The van der Waals surface area contributed by atoms with Gasteiger partial charge in [-0.1, -0.05) is 0 Å². The standard InChI is InChI=1S/C12H17N6O8P/c1-18-11-5(7(20)9(13)17-18)10(14-3-15-11)16-12-8(21)6(19)4(26-12)2-25-27(22,23)24/h3-4,6,8,12,19,21H,2H2,1H3,(H2,13,17)(H,14,15,16)(H2,22,23,24)/t4-,6?,8?,12-/m1/s1. The third-order valence-corrected chi connectivity index (χ3v) is 4.39. The molecule has 2 unspecified atom stereocenters. The molecule has 0 amide bonds. The Balaban J connectivity index is 1.87. The number of aromatic nitrogens is 4. The van der Waals surface area contributed by atoms with E-state index in [4.69, 9.17) is 20.3 Å². The highest BCUT2D eigenvalue weighted by atomic mass is 31.2. The fourth-order valence-electron chi connectivity index (χ4n) is 2.63. The summed E-state index contributed by atoms with van der Waals surface area (Å²) in [6, 6.07) is 0. The lowest BCUT2D eigenvalue weighted by molar-refractivity contribution is -0.0151. The van der Waals surface area contributed by atoms with Crippen molar-refractivity contribution in [3.05, 3.63) is 16.6 Å². The molecule has 3 heterocycles. The first-order chi connectivity index (χ1) is 12.6. The number of hydrogen-bond acceptors (Lipinski definition) is 11. The van der Waals surface area contributed by atoms with E-state index in [-0.39, 0.29) is 22.7 Å². The molecule has 1 aliphatic rings. The molecule has 2 aromatic heterocycles. The van der Waals surface area contributed by atoms with E-state index in [1.165, 1.54) is 11.7 Å². The van der Waals surface area contributed by atoms with Crippen LogP contribution in [0.1, 0.15) is 0 Å². The molecule has 1 aliphatic heterocycles. The van der Waals surface area contributed by atoms with Crippen LogP contribution in [0.25, 0.3) is 11.0 Å². The van der Waals surface area contributed by atoms with Crippen molar-refractivity contribution >= 4 is 30.5 Å². The van der Waals surface area contributed by atoms with Crippen LogP contribution in [0.15, 0.2) is 11.1 Å². The summed E-state index contributed by atoms with van der Waals surface area (Å²) in [7, 11) is -3.26. The number of phosphoric acid groups is 1. The number of anilines is 2. The average molecular weight is 404 g/mol. The van der Waals surface area contributed by atoms with Gasteiger partial charge in [0.2, 0.25) is 5.43 Å². The van der Waals surface area contributed by atoms with E-state index in [0.717, 1.165) is 6.33 Å². The van der Waals surface area contributed by atoms with Crippen LogP contribution in [-0.4, -0.2) is 70.9 Å². The van der Waals surface area contributed by atoms with E-state index in [0.29, 0.717) is 0 Å². The van der Waals surface area contributed by atoms with Crippen molar-refractivity contribution in [1.29, 1.82) is 0 Å². The maximum Gasteiger partial charge on any atom is 0.469 e. The van der Waals surface area contributed by atoms with Crippen LogP contribution in [0.4, 0.5) is 11.6 Å². The van der Waals surface area contributed by atoms with Crippen molar-refractivity contribution in [3.63, 3.8) is 0 Å². The number of ether oxygens (including phenoxy) is 1. The van der Waals surface area contributed by atoms with Gasteiger partial charge in [-0.2, -0.15) is 0 Å². The van der Waals surface area contributed by atoms with Gasteiger partial charge in [-0.05, 0) is 0 Å². The van der Waals surface area contributed by atoms with E-state index in [1.807, 2.05) is 0 Å². The Bertz CT molecular complexity index is 963. The lowest BCUT2D eigenvalue weighted by Crippen LogP contribution is -2.37. The van der Waals surface area contributed by atoms with Crippen molar-refractivity contribution < 1.29 is 33.8 Å². The molecule has 0 aliphatic carbocycles. The summed E-state index contributed by atoms with van der Waals surface area (Å²) in [6.07, 6.45) is -4.33. The van der Waals surface area contributed by atoms with Gasteiger partial charge in [0.1, 0.15) is 35.8 Å². The number of aliphatic hydroxyl groups excluding tert-OH is 2. The molecular formula is C12H17N6O8P. The van der Waals surface area contributed by atoms with Gasteiger partial charge in [-0.15, -0.1) is 5.10 Å².